The minimum Gasteiger partial charge on any atom is -0.756 e. The van der Waals surface area contributed by atoms with Gasteiger partial charge in [-0.25, -0.2) is 0 Å². The maximum Gasteiger partial charge on any atom is 0.306 e. The molecule has 372 valence electrons. The van der Waals surface area contributed by atoms with Gasteiger partial charge in [0.2, 0.25) is 0 Å². The van der Waals surface area contributed by atoms with Crippen molar-refractivity contribution in [3.8, 4) is 0 Å². The summed E-state index contributed by atoms with van der Waals surface area (Å²) in [6.45, 7) is 5.28. The van der Waals surface area contributed by atoms with Crippen LogP contribution in [0.2, 0.25) is 0 Å². The second kappa shape index (κ2) is 47.4. The predicted molar refractivity (Wildman–Crippen MR) is 272 cm³/mol. The van der Waals surface area contributed by atoms with Crippen LogP contribution in [0.25, 0.3) is 0 Å². The number of nitrogens with zero attached hydrogens (tertiary/aromatic N) is 1. The molecule has 0 heterocycles. The normalized spacial score (nSPS) is 14.2. The van der Waals surface area contributed by atoms with Crippen LogP contribution in [-0.4, -0.2) is 70.7 Å². The Kier molecular flexibility index (Phi) is 45.9. The molecule has 2 atom stereocenters. The van der Waals surface area contributed by atoms with E-state index >= 15 is 0 Å². The molecule has 64 heavy (non-hydrogen) atoms. The van der Waals surface area contributed by atoms with Gasteiger partial charge in [-0.3, -0.25) is 9.36 Å². The molecule has 9 heteroatoms. The number of quaternary nitrogens is 1. The van der Waals surface area contributed by atoms with E-state index in [1.54, 1.807) is 0 Å². The van der Waals surface area contributed by atoms with Gasteiger partial charge in [0.05, 0.1) is 34.4 Å². The number of hydrogen-bond donors (Lipinski definition) is 0. The van der Waals surface area contributed by atoms with E-state index in [-0.39, 0.29) is 25.8 Å². The molecule has 0 aromatic heterocycles. The molecule has 0 bridgehead atoms. The molecular formula is C55H100NO7P. The fourth-order valence-corrected chi connectivity index (χ4v) is 7.71. The lowest BCUT2D eigenvalue weighted by Gasteiger charge is -2.28. The Balaban J connectivity index is 4.18. The highest BCUT2D eigenvalue weighted by atomic mass is 31.2. The predicted octanol–water partition coefficient (Wildman–Crippen LogP) is 15.6. The topological polar surface area (TPSA) is 94.1 Å². The summed E-state index contributed by atoms with van der Waals surface area (Å²) in [5.74, 6) is -0.347. The average molecular weight is 918 g/mol. The standard InChI is InChI=1S/C55H100NO7P/c1-6-8-10-12-14-16-18-20-22-24-26-27-28-29-30-32-34-36-38-40-42-44-46-48-55(57)63-54(53-62-64(58,59)61-51-49-56(3,4)5)52-60-50-47-45-43-41-39-37-35-33-31-25-23-21-19-17-15-13-11-9-7-2/h8,10,14,16,20,22-23,25-27,29-30,54H,6-7,9,11-13,15,17-19,21,24,28,31-53H2,1-5H3/b10-8-,16-14-,22-20-,25-23-,27-26-,30-29-. The summed E-state index contributed by atoms with van der Waals surface area (Å²) in [4.78, 5) is 25.2. The van der Waals surface area contributed by atoms with Crippen molar-refractivity contribution in [2.75, 3.05) is 54.1 Å². The number of carbonyl (C=O) groups excluding carboxylic acids is 1. The third-order valence-electron chi connectivity index (χ3n) is 11.0. The van der Waals surface area contributed by atoms with Crippen molar-refractivity contribution in [3.05, 3.63) is 72.9 Å². The van der Waals surface area contributed by atoms with Gasteiger partial charge in [0.1, 0.15) is 19.3 Å². The van der Waals surface area contributed by atoms with Crippen LogP contribution in [0.15, 0.2) is 72.9 Å². The summed E-state index contributed by atoms with van der Waals surface area (Å²) >= 11 is 0. The number of rotatable bonds is 48. The lowest BCUT2D eigenvalue weighted by molar-refractivity contribution is -0.870. The Morgan fingerprint density at radius 2 is 0.906 bits per heavy atom. The molecule has 0 aliphatic heterocycles. The maximum atomic E-state index is 12.8. The molecule has 0 aromatic rings. The van der Waals surface area contributed by atoms with Gasteiger partial charge in [-0.05, 0) is 83.5 Å². The number of unbranched alkanes of at least 4 members (excludes halogenated alkanes) is 22. The largest absolute Gasteiger partial charge is 0.756 e. The number of phosphoric acid groups is 1. The first-order chi connectivity index (χ1) is 31.1. The number of carbonyl (C=O) groups is 1. The summed E-state index contributed by atoms with van der Waals surface area (Å²) in [5, 5.41) is 0. The van der Waals surface area contributed by atoms with Crippen LogP contribution in [0, 0.1) is 0 Å². The van der Waals surface area contributed by atoms with Crippen LogP contribution in [0.3, 0.4) is 0 Å². The van der Waals surface area contributed by atoms with E-state index in [9.17, 15) is 14.3 Å². The SMILES string of the molecule is CC/C=C\C/C=C\C/C=C\C/C=C\C/C=C\CCCCCCCCCC(=O)OC(COCCCCCCCCCC/C=C\CCCCCCCCC)COP(=O)([O-])OCC[N+](C)(C)C. The van der Waals surface area contributed by atoms with E-state index in [1.807, 2.05) is 21.1 Å². The van der Waals surface area contributed by atoms with Gasteiger partial charge in [-0.1, -0.05) is 196 Å². The second-order valence-corrected chi connectivity index (χ2v) is 19.9. The third-order valence-corrected chi connectivity index (χ3v) is 12.0. The molecule has 0 saturated heterocycles. The number of likely N-dealkylation sites (N-methyl/N-ethyl adjacent to an activating group) is 1. The van der Waals surface area contributed by atoms with E-state index < -0.39 is 13.9 Å². The Labute approximate surface area is 395 Å². The lowest BCUT2D eigenvalue weighted by atomic mass is 10.1. The number of ether oxygens (including phenoxy) is 2. The van der Waals surface area contributed by atoms with Crippen LogP contribution in [0.5, 0.6) is 0 Å². The van der Waals surface area contributed by atoms with E-state index in [1.165, 1.54) is 116 Å². The minimum atomic E-state index is -4.54. The van der Waals surface area contributed by atoms with Gasteiger partial charge in [0.25, 0.3) is 7.82 Å². The van der Waals surface area contributed by atoms with Crippen molar-refractivity contribution in [2.45, 2.75) is 219 Å². The van der Waals surface area contributed by atoms with E-state index in [0.717, 1.165) is 77.0 Å². The quantitative estimate of drug-likeness (QED) is 0.0197. The molecule has 0 N–H and O–H groups in total. The van der Waals surface area contributed by atoms with Crippen molar-refractivity contribution in [1.29, 1.82) is 0 Å². The van der Waals surface area contributed by atoms with Crippen LogP contribution in [0.4, 0.5) is 0 Å². The summed E-state index contributed by atoms with van der Waals surface area (Å²) in [6.07, 6.45) is 62.1. The highest BCUT2D eigenvalue weighted by molar-refractivity contribution is 7.45. The fraction of sp³-hybridized carbons (Fsp3) is 0.764. The highest BCUT2D eigenvalue weighted by Gasteiger charge is 2.20. The van der Waals surface area contributed by atoms with Crippen LogP contribution in [-0.2, 0) is 27.9 Å². The molecule has 0 saturated carbocycles. The molecule has 0 aliphatic rings. The zero-order chi connectivity index (χ0) is 46.9. The fourth-order valence-electron chi connectivity index (χ4n) is 6.98. The molecule has 8 nitrogen and oxygen atoms in total. The zero-order valence-corrected chi connectivity index (χ0v) is 43.1. The summed E-state index contributed by atoms with van der Waals surface area (Å²) < 4.78 is 34.8. The Morgan fingerprint density at radius 1 is 0.500 bits per heavy atom. The summed E-state index contributed by atoms with van der Waals surface area (Å²) in [5.41, 5.74) is 0. The monoisotopic (exact) mass is 918 g/mol. The average Bonchev–Trinajstić information content (AvgIpc) is 3.25. The van der Waals surface area contributed by atoms with Crippen molar-refractivity contribution >= 4 is 13.8 Å². The first kappa shape index (κ1) is 61.9. The number of phosphoric ester groups is 1. The van der Waals surface area contributed by atoms with Crippen LogP contribution >= 0.6 is 7.82 Å². The summed E-state index contributed by atoms with van der Waals surface area (Å²) in [7, 11) is 1.34. The highest BCUT2D eigenvalue weighted by Crippen LogP contribution is 2.38. The van der Waals surface area contributed by atoms with Gasteiger partial charge >= 0.3 is 5.97 Å². The van der Waals surface area contributed by atoms with Crippen LogP contribution < -0.4 is 4.89 Å². The third kappa shape index (κ3) is 50.9. The number of allylic oxidation sites excluding steroid dienone is 12. The molecule has 0 rings (SSSR count). The summed E-state index contributed by atoms with van der Waals surface area (Å²) in [6, 6.07) is 0. The van der Waals surface area contributed by atoms with Crippen LogP contribution in [0.1, 0.15) is 213 Å². The van der Waals surface area contributed by atoms with E-state index in [0.29, 0.717) is 24.1 Å². The first-order valence-corrected chi connectivity index (χ1v) is 27.6. The molecule has 0 amide bonds. The van der Waals surface area contributed by atoms with E-state index in [4.69, 9.17) is 18.5 Å². The first-order valence-electron chi connectivity index (χ1n) is 26.2. The molecular weight excluding hydrogens is 818 g/mol. The van der Waals surface area contributed by atoms with Gasteiger partial charge in [-0.15, -0.1) is 0 Å². The number of hydrogen-bond acceptors (Lipinski definition) is 7. The molecule has 0 aromatic carbocycles. The maximum absolute atomic E-state index is 12.8. The van der Waals surface area contributed by atoms with Gasteiger partial charge in [0.15, 0.2) is 0 Å². The molecule has 0 radical (unpaired) electrons. The molecule has 2 unspecified atom stereocenters. The van der Waals surface area contributed by atoms with Gasteiger partial charge in [0, 0.05) is 13.0 Å². The molecule has 0 fully saturated rings. The second-order valence-electron chi connectivity index (χ2n) is 18.5. The van der Waals surface area contributed by atoms with Gasteiger partial charge < -0.3 is 27.9 Å². The van der Waals surface area contributed by atoms with Crippen molar-refractivity contribution in [1.82, 2.24) is 0 Å². The van der Waals surface area contributed by atoms with Gasteiger partial charge in [-0.2, -0.15) is 0 Å². The molecule has 0 spiro atoms. The van der Waals surface area contributed by atoms with E-state index in [2.05, 4.69) is 86.8 Å². The Morgan fingerprint density at radius 3 is 1.38 bits per heavy atom. The van der Waals surface area contributed by atoms with Crippen molar-refractivity contribution in [3.63, 3.8) is 0 Å². The number of esters is 1. The Hall–Kier alpha value is -2.06. The minimum absolute atomic E-state index is 0.0201. The lowest BCUT2D eigenvalue weighted by Crippen LogP contribution is -2.37. The zero-order valence-electron chi connectivity index (χ0n) is 42.2. The molecule has 0 aliphatic carbocycles. The Bertz CT molecular complexity index is 1250. The smallest absolute Gasteiger partial charge is 0.306 e. The van der Waals surface area contributed by atoms with Crippen molar-refractivity contribution in [2.24, 2.45) is 0 Å². The van der Waals surface area contributed by atoms with Crippen molar-refractivity contribution < 1.29 is 37.3 Å².